The highest BCUT2D eigenvalue weighted by Crippen LogP contribution is 2.30. The first-order chi connectivity index (χ1) is 15.8. The molecule has 0 aliphatic carbocycles. The van der Waals surface area contributed by atoms with Gasteiger partial charge in [0.1, 0.15) is 17.9 Å². The molecule has 166 valence electrons. The summed E-state index contributed by atoms with van der Waals surface area (Å²) in [4.78, 5) is 39.2. The normalized spacial score (nSPS) is 15.1. The first-order valence-corrected chi connectivity index (χ1v) is 10.7. The summed E-state index contributed by atoms with van der Waals surface area (Å²) in [5, 5.41) is 3.24. The van der Waals surface area contributed by atoms with Crippen LogP contribution in [0.1, 0.15) is 16.7 Å². The van der Waals surface area contributed by atoms with Crippen molar-refractivity contribution in [1.29, 1.82) is 0 Å². The molecule has 3 aromatic rings. The number of urea groups is 1. The van der Waals surface area contributed by atoms with Gasteiger partial charge in [-0.05, 0) is 54.5 Å². The van der Waals surface area contributed by atoms with E-state index in [9.17, 15) is 14.4 Å². The minimum atomic E-state index is -0.834. The SMILES string of the molecule is Cc1c(Cl)cccc1N1C(=O)NC(=O)/C(=C\c2ccccc2OCc2ccc(Cl)cc2)C1=O. The second kappa shape index (κ2) is 9.48. The quantitative estimate of drug-likeness (QED) is 0.383. The van der Waals surface area contributed by atoms with Gasteiger partial charge in [0.25, 0.3) is 11.8 Å². The maximum absolute atomic E-state index is 13.2. The van der Waals surface area contributed by atoms with E-state index in [0.29, 0.717) is 32.6 Å². The van der Waals surface area contributed by atoms with Crippen LogP contribution in [0, 0.1) is 6.92 Å². The van der Waals surface area contributed by atoms with Crippen molar-refractivity contribution in [1.82, 2.24) is 5.32 Å². The predicted octanol–water partition coefficient (Wildman–Crippen LogP) is 5.55. The maximum Gasteiger partial charge on any atom is 0.335 e. The van der Waals surface area contributed by atoms with Crippen molar-refractivity contribution in [3.05, 3.63) is 99.0 Å². The lowest BCUT2D eigenvalue weighted by molar-refractivity contribution is -0.122. The zero-order valence-corrected chi connectivity index (χ0v) is 19.0. The number of nitrogens with zero attached hydrogens (tertiary/aromatic N) is 1. The highest BCUT2D eigenvalue weighted by Gasteiger charge is 2.37. The molecule has 0 aromatic heterocycles. The van der Waals surface area contributed by atoms with Crippen molar-refractivity contribution in [2.45, 2.75) is 13.5 Å². The second-order valence-corrected chi connectivity index (χ2v) is 8.14. The predicted molar refractivity (Wildman–Crippen MR) is 127 cm³/mol. The molecule has 4 amide bonds. The average Bonchev–Trinajstić information content (AvgIpc) is 2.79. The fraction of sp³-hybridized carbons (Fsp3) is 0.0800. The van der Waals surface area contributed by atoms with Gasteiger partial charge in [-0.1, -0.05) is 59.6 Å². The van der Waals surface area contributed by atoms with Crippen LogP contribution < -0.4 is 15.0 Å². The minimum Gasteiger partial charge on any atom is -0.488 e. The Labute approximate surface area is 200 Å². The molecule has 4 rings (SSSR count). The Hall–Kier alpha value is -3.61. The molecule has 1 fully saturated rings. The largest absolute Gasteiger partial charge is 0.488 e. The third-order valence-corrected chi connectivity index (χ3v) is 5.77. The van der Waals surface area contributed by atoms with Crippen molar-refractivity contribution in [3.8, 4) is 5.75 Å². The van der Waals surface area contributed by atoms with Crippen molar-refractivity contribution < 1.29 is 19.1 Å². The summed E-state index contributed by atoms with van der Waals surface area (Å²) in [6.45, 7) is 1.96. The van der Waals surface area contributed by atoms with E-state index in [1.165, 1.54) is 6.08 Å². The lowest BCUT2D eigenvalue weighted by Crippen LogP contribution is -2.54. The summed E-state index contributed by atoms with van der Waals surface area (Å²) in [6.07, 6.45) is 1.41. The maximum atomic E-state index is 13.2. The van der Waals surface area contributed by atoms with Crippen LogP contribution in [0.15, 0.2) is 72.3 Å². The number of carbonyl (C=O) groups excluding carboxylic acids is 3. The molecule has 0 saturated carbocycles. The topological polar surface area (TPSA) is 75.7 Å². The van der Waals surface area contributed by atoms with Gasteiger partial charge < -0.3 is 4.74 Å². The molecule has 1 aliphatic rings. The summed E-state index contributed by atoms with van der Waals surface area (Å²) in [5.41, 5.74) is 2.07. The van der Waals surface area contributed by atoms with Gasteiger partial charge in [0.15, 0.2) is 0 Å². The molecule has 8 heteroatoms. The van der Waals surface area contributed by atoms with E-state index in [2.05, 4.69) is 5.32 Å². The summed E-state index contributed by atoms with van der Waals surface area (Å²) in [5.74, 6) is -1.06. The zero-order valence-electron chi connectivity index (χ0n) is 17.5. The van der Waals surface area contributed by atoms with Crippen LogP contribution in [0.5, 0.6) is 5.75 Å². The molecule has 0 atom stereocenters. The summed E-state index contributed by atoms with van der Waals surface area (Å²) >= 11 is 12.1. The van der Waals surface area contributed by atoms with Crippen LogP contribution in [0.25, 0.3) is 6.08 Å². The molecule has 1 heterocycles. The number of barbiturate groups is 1. The number of nitrogens with one attached hydrogen (secondary N) is 1. The number of benzene rings is 3. The van der Waals surface area contributed by atoms with E-state index >= 15 is 0 Å². The standard InChI is InChI=1S/C25H18Cl2N2O4/c1-15-20(27)6-4-7-21(15)29-24(31)19(23(30)28-25(29)32)13-17-5-2-3-8-22(17)33-14-16-9-11-18(26)12-10-16/h2-13H,14H2,1H3,(H,28,30,32)/b19-13+. The smallest absolute Gasteiger partial charge is 0.335 e. The molecule has 0 spiro atoms. The van der Waals surface area contributed by atoms with E-state index in [0.717, 1.165) is 10.5 Å². The van der Waals surface area contributed by atoms with Gasteiger partial charge in [0, 0.05) is 15.6 Å². The molecule has 1 aliphatic heterocycles. The lowest BCUT2D eigenvalue weighted by Gasteiger charge is -2.27. The van der Waals surface area contributed by atoms with Gasteiger partial charge in [-0.25, -0.2) is 9.69 Å². The van der Waals surface area contributed by atoms with Gasteiger partial charge in [-0.3, -0.25) is 14.9 Å². The number of anilines is 1. The Morgan fingerprint density at radius 3 is 2.42 bits per heavy atom. The number of ether oxygens (including phenoxy) is 1. The average molecular weight is 481 g/mol. The third-order valence-electron chi connectivity index (χ3n) is 5.11. The number of carbonyl (C=O) groups is 3. The van der Waals surface area contributed by atoms with Crippen molar-refractivity contribution in [3.63, 3.8) is 0 Å². The summed E-state index contributed by atoms with van der Waals surface area (Å²) in [6, 6.07) is 18.3. The Balaban J connectivity index is 1.66. The highest BCUT2D eigenvalue weighted by molar-refractivity contribution is 6.40. The fourth-order valence-electron chi connectivity index (χ4n) is 3.34. The molecule has 1 N–H and O–H groups in total. The fourth-order valence-corrected chi connectivity index (χ4v) is 3.64. The lowest BCUT2D eigenvalue weighted by atomic mass is 10.0. The molecular formula is C25H18Cl2N2O4. The van der Waals surface area contributed by atoms with Crippen molar-refractivity contribution >= 4 is 52.8 Å². The van der Waals surface area contributed by atoms with Gasteiger partial charge in [-0.2, -0.15) is 0 Å². The summed E-state index contributed by atoms with van der Waals surface area (Å²) < 4.78 is 5.91. The molecule has 0 unspecified atom stereocenters. The van der Waals surface area contributed by atoms with Crippen LogP contribution in [-0.4, -0.2) is 17.8 Å². The van der Waals surface area contributed by atoms with Crippen LogP contribution in [0.2, 0.25) is 10.0 Å². The first-order valence-electron chi connectivity index (χ1n) is 9.98. The number of rotatable bonds is 5. The Kier molecular flexibility index (Phi) is 6.49. The van der Waals surface area contributed by atoms with Gasteiger partial charge >= 0.3 is 6.03 Å². The third kappa shape index (κ3) is 4.77. The van der Waals surface area contributed by atoms with Crippen molar-refractivity contribution in [2.75, 3.05) is 4.90 Å². The number of hydrogen-bond donors (Lipinski definition) is 1. The summed E-state index contributed by atoms with van der Waals surface area (Å²) in [7, 11) is 0. The molecule has 1 saturated heterocycles. The van der Waals surface area contributed by atoms with Gasteiger partial charge in [-0.15, -0.1) is 0 Å². The number of hydrogen-bond acceptors (Lipinski definition) is 4. The Bertz CT molecular complexity index is 1290. The zero-order chi connectivity index (χ0) is 23.5. The van der Waals surface area contributed by atoms with Crippen LogP contribution in [-0.2, 0) is 16.2 Å². The van der Waals surface area contributed by atoms with Crippen LogP contribution >= 0.6 is 23.2 Å². The van der Waals surface area contributed by atoms with E-state index in [4.69, 9.17) is 27.9 Å². The number of imide groups is 2. The van der Waals surface area contributed by atoms with E-state index in [1.54, 1.807) is 61.5 Å². The number of amides is 4. The molecule has 0 radical (unpaired) electrons. The Morgan fingerprint density at radius 1 is 0.939 bits per heavy atom. The van der Waals surface area contributed by atoms with Gasteiger partial charge in [0.05, 0.1) is 5.69 Å². The molecular weight excluding hydrogens is 463 g/mol. The molecule has 33 heavy (non-hydrogen) atoms. The highest BCUT2D eigenvalue weighted by atomic mass is 35.5. The van der Waals surface area contributed by atoms with Crippen LogP contribution in [0.3, 0.4) is 0 Å². The van der Waals surface area contributed by atoms with E-state index in [1.807, 2.05) is 12.1 Å². The Morgan fingerprint density at radius 2 is 1.67 bits per heavy atom. The van der Waals surface area contributed by atoms with Crippen molar-refractivity contribution in [2.24, 2.45) is 0 Å². The van der Waals surface area contributed by atoms with E-state index in [-0.39, 0.29) is 12.2 Å². The monoisotopic (exact) mass is 480 g/mol. The number of para-hydroxylation sites is 1. The van der Waals surface area contributed by atoms with Gasteiger partial charge in [0.2, 0.25) is 0 Å². The first kappa shape index (κ1) is 22.6. The molecule has 0 bridgehead atoms. The molecule has 6 nitrogen and oxygen atoms in total. The second-order valence-electron chi connectivity index (χ2n) is 7.29. The van der Waals surface area contributed by atoms with E-state index < -0.39 is 17.8 Å². The number of halogens is 2. The minimum absolute atomic E-state index is 0.198. The van der Waals surface area contributed by atoms with Crippen LogP contribution in [0.4, 0.5) is 10.5 Å². The molecule has 3 aromatic carbocycles.